The Morgan fingerprint density at radius 3 is 1.15 bits per heavy atom. The number of hydrogen-bond donors (Lipinski definition) is 0. The Hall–Kier alpha value is -1.30. The van der Waals surface area contributed by atoms with Crippen LogP contribution in [0.1, 0.15) is 20.3 Å². The molecule has 68 valence electrons. The molecule has 0 heteroatoms. The zero-order valence-corrected chi connectivity index (χ0v) is 8.33. The molecule has 0 fully saturated rings. The highest BCUT2D eigenvalue weighted by Gasteiger charge is 1.85. The molecule has 0 heterocycles. The van der Waals surface area contributed by atoms with Crippen LogP contribution >= 0.6 is 0 Å². The summed E-state index contributed by atoms with van der Waals surface area (Å²) in [5.74, 6) is 0. The third kappa shape index (κ3) is 2.90. The van der Waals surface area contributed by atoms with Crippen LogP contribution in [0.2, 0.25) is 0 Å². The van der Waals surface area contributed by atoms with Gasteiger partial charge in [-0.15, -0.1) is 0 Å². The Balaban J connectivity index is 0.000000251. The topological polar surface area (TPSA) is 0 Å². The molecule has 0 atom stereocenters. The minimum Gasteiger partial charge on any atom is -0.0656 e. The van der Waals surface area contributed by atoms with E-state index in [0.717, 1.165) is 0 Å². The van der Waals surface area contributed by atoms with Crippen LogP contribution in [0.3, 0.4) is 0 Å². The number of fused-ring (bicyclic) bond motifs is 1. The van der Waals surface area contributed by atoms with Crippen molar-refractivity contribution in [3.8, 4) is 0 Å². The molecule has 0 aliphatic carbocycles. The van der Waals surface area contributed by atoms with Gasteiger partial charge in [-0.25, -0.2) is 0 Å². The minimum atomic E-state index is 1.25. The van der Waals surface area contributed by atoms with Crippen LogP contribution in [-0.4, -0.2) is 0 Å². The van der Waals surface area contributed by atoms with Gasteiger partial charge in [0.1, 0.15) is 0 Å². The van der Waals surface area contributed by atoms with Gasteiger partial charge >= 0.3 is 0 Å². The smallest absolute Gasteiger partial charge is 0.0184 e. The van der Waals surface area contributed by atoms with Gasteiger partial charge in [0.15, 0.2) is 0 Å². The van der Waals surface area contributed by atoms with E-state index >= 15 is 0 Å². The standard InChI is InChI=1S/C10H8.C3H8/c1-2-6-10-8-4-3-7-9(10)5-1;1-3-2/h1-8H;3H2,1-2H3. The summed E-state index contributed by atoms with van der Waals surface area (Å²) in [5, 5.41) is 2.62. The fourth-order valence-corrected chi connectivity index (χ4v) is 1.13. The summed E-state index contributed by atoms with van der Waals surface area (Å²) in [4.78, 5) is 0. The van der Waals surface area contributed by atoms with Crippen molar-refractivity contribution >= 4 is 10.8 Å². The van der Waals surface area contributed by atoms with E-state index < -0.39 is 0 Å². The van der Waals surface area contributed by atoms with E-state index in [1.54, 1.807) is 0 Å². The summed E-state index contributed by atoms with van der Waals surface area (Å²) in [6.07, 6.45) is 1.25. The van der Waals surface area contributed by atoms with E-state index in [9.17, 15) is 0 Å². The highest BCUT2D eigenvalue weighted by Crippen LogP contribution is 2.11. The number of hydrogen-bond acceptors (Lipinski definition) is 0. The van der Waals surface area contributed by atoms with Gasteiger partial charge in [0.25, 0.3) is 0 Å². The first-order valence-corrected chi connectivity index (χ1v) is 4.82. The first kappa shape index (κ1) is 9.79. The van der Waals surface area contributed by atoms with Crippen molar-refractivity contribution in [3.05, 3.63) is 48.5 Å². The van der Waals surface area contributed by atoms with Gasteiger partial charge in [0.2, 0.25) is 0 Å². The van der Waals surface area contributed by atoms with Crippen LogP contribution in [-0.2, 0) is 0 Å². The minimum absolute atomic E-state index is 1.25. The Kier molecular flexibility index (Phi) is 4.04. The molecule has 0 spiro atoms. The second-order valence-corrected chi connectivity index (χ2v) is 3.05. The second-order valence-electron chi connectivity index (χ2n) is 3.05. The van der Waals surface area contributed by atoms with Gasteiger partial charge in [-0.1, -0.05) is 68.8 Å². The lowest BCUT2D eigenvalue weighted by Crippen LogP contribution is -1.67. The third-order valence-electron chi connectivity index (χ3n) is 1.66. The van der Waals surface area contributed by atoms with Crippen molar-refractivity contribution in [2.45, 2.75) is 20.3 Å². The van der Waals surface area contributed by atoms with Gasteiger partial charge < -0.3 is 0 Å². The van der Waals surface area contributed by atoms with Crippen LogP contribution < -0.4 is 0 Å². The number of rotatable bonds is 0. The molecule has 0 nitrogen and oxygen atoms in total. The fourth-order valence-electron chi connectivity index (χ4n) is 1.13. The lowest BCUT2D eigenvalue weighted by Gasteiger charge is -1.92. The molecule has 2 rings (SSSR count). The summed E-state index contributed by atoms with van der Waals surface area (Å²) in [5.41, 5.74) is 0. The third-order valence-corrected chi connectivity index (χ3v) is 1.66. The molecule has 2 aromatic rings. The van der Waals surface area contributed by atoms with Gasteiger partial charge in [-0.05, 0) is 10.8 Å². The summed E-state index contributed by atoms with van der Waals surface area (Å²) >= 11 is 0. The van der Waals surface area contributed by atoms with E-state index in [-0.39, 0.29) is 0 Å². The predicted octanol–water partition coefficient (Wildman–Crippen LogP) is 4.26. The van der Waals surface area contributed by atoms with E-state index in [1.165, 1.54) is 17.2 Å². The van der Waals surface area contributed by atoms with Gasteiger partial charge in [0.05, 0.1) is 0 Å². The summed E-state index contributed by atoms with van der Waals surface area (Å²) < 4.78 is 0. The molecule has 0 saturated heterocycles. The summed E-state index contributed by atoms with van der Waals surface area (Å²) in [6.45, 7) is 4.25. The Morgan fingerprint density at radius 1 is 0.692 bits per heavy atom. The van der Waals surface area contributed by atoms with E-state index in [0.29, 0.717) is 0 Å². The van der Waals surface area contributed by atoms with Gasteiger partial charge in [0, 0.05) is 0 Å². The van der Waals surface area contributed by atoms with Crippen molar-refractivity contribution in [1.29, 1.82) is 0 Å². The van der Waals surface area contributed by atoms with Crippen LogP contribution in [0.15, 0.2) is 48.5 Å². The van der Waals surface area contributed by atoms with Crippen molar-refractivity contribution in [2.75, 3.05) is 0 Å². The quantitative estimate of drug-likeness (QED) is 0.557. The zero-order chi connectivity index (χ0) is 9.52. The van der Waals surface area contributed by atoms with Crippen LogP contribution in [0, 0.1) is 0 Å². The maximum Gasteiger partial charge on any atom is -0.0184 e. The Bertz CT molecular complexity index is 284. The fraction of sp³-hybridized carbons (Fsp3) is 0.231. The monoisotopic (exact) mass is 172 g/mol. The van der Waals surface area contributed by atoms with E-state index in [2.05, 4.69) is 62.4 Å². The van der Waals surface area contributed by atoms with Gasteiger partial charge in [-0.2, -0.15) is 0 Å². The average Bonchev–Trinajstić information content (AvgIpc) is 2.19. The zero-order valence-electron chi connectivity index (χ0n) is 8.33. The largest absolute Gasteiger partial charge is 0.0656 e. The molecule has 0 amide bonds. The molecule has 0 bridgehead atoms. The normalized spacial score (nSPS) is 9.08. The highest BCUT2D eigenvalue weighted by molar-refractivity contribution is 5.81. The second kappa shape index (κ2) is 5.36. The first-order chi connectivity index (χ1) is 6.38. The number of benzene rings is 2. The lowest BCUT2D eigenvalue weighted by atomic mass is 10.1. The molecule has 0 aliphatic rings. The molecular weight excluding hydrogens is 156 g/mol. The molecule has 0 saturated carbocycles. The maximum atomic E-state index is 2.12. The molecule has 2 aromatic carbocycles. The molecule has 0 aliphatic heterocycles. The van der Waals surface area contributed by atoms with Crippen molar-refractivity contribution < 1.29 is 0 Å². The van der Waals surface area contributed by atoms with Crippen molar-refractivity contribution in [1.82, 2.24) is 0 Å². The Labute approximate surface area is 80.2 Å². The molecule has 0 radical (unpaired) electrons. The highest BCUT2D eigenvalue weighted by atomic mass is 13.9. The average molecular weight is 172 g/mol. The maximum absolute atomic E-state index is 2.12. The molecule has 13 heavy (non-hydrogen) atoms. The molecular formula is C13H16. The SMILES string of the molecule is CCC.c1ccc2ccccc2c1. The van der Waals surface area contributed by atoms with Crippen molar-refractivity contribution in [2.24, 2.45) is 0 Å². The lowest BCUT2D eigenvalue weighted by molar-refractivity contribution is 1.09. The molecule has 0 aromatic heterocycles. The van der Waals surface area contributed by atoms with Crippen LogP contribution in [0.5, 0.6) is 0 Å². The van der Waals surface area contributed by atoms with Crippen molar-refractivity contribution in [3.63, 3.8) is 0 Å². The van der Waals surface area contributed by atoms with E-state index in [1.807, 2.05) is 0 Å². The van der Waals surface area contributed by atoms with Crippen LogP contribution in [0.4, 0.5) is 0 Å². The Morgan fingerprint density at radius 2 is 0.923 bits per heavy atom. The predicted molar refractivity (Wildman–Crippen MR) is 59.9 cm³/mol. The van der Waals surface area contributed by atoms with Crippen LogP contribution in [0.25, 0.3) is 10.8 Å². The molecule has 0 unspecified atom stereocenters. The summed E-state index contributed by atoms with van der Waals surface area (Å²) in [6, 6.07) is 16.7. The molecule has 0 N–H and O–H groups in total. The van der Waals surface area contributed by atoms with Gasteiger partial charge in [-0.3, -0.25) is 0 Å². The summed E-state index contributed by atoms with van der Waals surface area (Å²) in [7, 11) is 0. The first-order valence-electron chi connectivity index (χ1n) is 4.82. The van der Waals surface area contributed by atoms with E-state index in [4.69, 9.17) is 0 Å².